The van der Waals surface area contributed by atoms with Crippen LogP contribution >= 0.6 is 15.9 Å². The van der Waals surface area contributed by atoms with Crippen LogP contribution in [0.25, 0.3) is 0 Å². The fourth-order valence-corrected chi connectivity index (χ4v) is 2.89. The van der Waals surface area contributed by atoms with Crippen LogP contribution in [0.15, 0.2) is 40.9 Å². The van der Waals surface area contributed by atoms with Gasteiger partial charge in [0, 0.05) is 4.47 Å². The molecular weight excluding hydrogens is 337 g/mol. The molecule has 21 heavy (non-hydrogen) atoms. The molecule has 0 aliphatic heterocycles. The molecule has 1 N–H and O–H groups in total. The maximum atomic E-state index is 14.3. The smallest absolute Gasteiger partial charge is 0.132 e. The van der Waals surface area contributed by atoms with E-state index in [1.807, 2.05) is 18.2 Å². The minimum atomic E-state index is -0.332. The molecule has 5 heteroatoms. The van der Waals surface area contributed by atoms with Gasteiger partial charge in [-0.3, -0.25) is 0 Å². The standard InChI is InChI=1S/C16H17BrFNO2/c1-19-16(11-8-7-10(20-2)9-12(11)17)15-13(18)5-4-6-14(15)21-3/h4-9,16,19H,1-3H3. The molecule has 0 amide bonds. The zero-order chi connectivity index (χ0) is 15.4. The Morgan fingerprint density at radius 1 is 1.14 bits per heavy atom. The molecule has 0 radical (unpaired) electrons. The number of nitrogens with one attached hydrogen (secondary N) is 1. The zero-order valence-corrected chi connectivity index (χ0v) is 13.7. The monoisotopic (exact) mass is 353 g/mol. The van der Waals surface area contributed by atoms with Gasteiger partial charge in [-0.2, -0.15) is 0 Å². The van der Waals surface area contributed by atoms with Crippen molar-refractivity contribution in [3.63, 3.8) is 0 Å². The lowest BCUT2D eigenvalue weighted by Gasteiger charge is -2.22. The molecule has 112 valence electrons. The summed E-state index contributed by atoms with van der Waals surface area (Å²) in [7, 11) is 4.93. The molecule has 0 heterocycles. The van der Waals surface area contributed by atoms with Crippen molar-refractivity contribution < 1.29 is 13.9 Å². The van der Waals surface area contributed by atoms with E-state index in [9.17, 15) is 4.39 Å². The van der Waals surface area contributed by atoms with E-state index >= 15 is 0 Å². The average Bonchev–Trinajstić information content (AvgIpc) is 2.50. The number of methoxy groups -OCH3 is 2. The molecule has 1 unspecified atom stereocenters. The number of hydrogen-bond acceptors (Lipinski definition) is 3. The highest BCUT2D eigenvalue weighted by Gasteiger charge is 2.22. The number of benzene rings is 2. The largest absolute Gasteiger partial charge is 0.497 e. The predicted octanol–water partition coefficient (Wildman–Crippen LogP) is 3.91. The van der Waals surface area contributed by atoms with Gasteiger partial charge in [0.25, 0.3) is 0 Å². The Labute approximate surface area is 132 Å². The summed E-state index contributed by atoms with van der Waals surface area (Å²) in [5.41, 5.74) is 1.38. The third-order valence-corrected chi connectivity index (χ3v) is 4.02. The minimum absolute atomic E-state index is 0.309. The van der Waals surface area contributed by atoms with Gasteiger partial charge in [0.2, 0.25) is 0 Å². The summed E-state index contributed by atoms with van der Waals surface area (Å²) >= 11 is 3.51. The first-order valence-corrected chi connectivity index (χ1v) is 7.24. The van der Waals surface area contributed by atoms with Crippen LogP contribution in [0.5, 0.6) is 11.5 Å². The molecule has 3 nitrogen and oxygen atoms in total. The van der Waals surface area contributed by atoms with Gasteiger partial charge in [0.1, 0.15) is 17.3 Å². The third kappa shape index (κ3) is 3.19. The van der Waals surface area contributed by atoms with E-state index in [4.69, 9.17) is 9.47 Å². The van der Waals surface area contributed by atoms with Gasteiger partial charge < -0.3 is 14.8 Å². The molecule has 0 aliphatic carbocycles. The summed E-state index contributed by atoms with van der Waals surface area (Å²) in [6.07, 6.45) is 0. The summed E-state index contributed by atoms with van der Waals surface area (Å²) in [5.74, 6) is 0.939. The zero-order valence-electron chi connectivity index (χ0n) is 12.1. The molecule has 2 aromatic rings. The SMILES string of the molecule is CNC(c1ccc(OC)cc1Br)c1c(F)cccc1OC. The molecule has 0 bridgehead atoms. The molecule has 0 saturated carbocycles. The van der Waals surface area contributed by atoms with Gasteiger partial charge in [-0.1, -0.05) is 28.1 Å². The Morgan fingerprint density at radius 3 is 2.48 bits per heavy atom. The summed E-state index contributed by atoms with van der Waals surface area (Å²) in [4.78, 5) is 0. The van der Waals surface area contributed by atoms with Crippen molar-refractivity contribution in [1.82, 2.24) is 5.32 Å². The Balaban J connectivity index is 2.55. The van der Waals surface area contributed by atoms with Crippen LogP contribution in [0.4, 0.5) is 4.39 Å². The Kier molecular flexibility index (Phi) is 5.20. The van der Waals surface area contributed by atoms with Crippen molar-refractivity contribution >= 4 is 15.9 Å². The van der Waals surface area contributed by atoms with Crippen LogP contribution < -0.4 is 14.8 Å². The highest BCUT2D eigenvalue weighted by atomic mass is 79.9. The number of rotatable bonds is 5. The van der Waals surface area contributed by atoms with Gasteiger partial charge in [-0.05, 0) is 36.9 Å². The van der Waals surface area contributed by atoms with E-state index < -0.39 is 0 Å². The van der Waals surface area contributed by atoms with E-state index in [0.717, 1.165) is 15.8 Å². The molecule has 2 aromatic carbocycles. The fourth-order valence-electron chi connectivity index (χ4n) is 2.30. The topological polar surface area (TPSA) is 30.5 Å². The predicted molar refractivity (Wildman–Crippen MR) is 84.5 cm³/mol. The lowest BCUT2D eigenvalue weighted by Crippen LogP contribution is -2.20. The van der Waals surface area contributed by atoms with Gasteiger partial charge in [0.15, 0.2) is 0 Å². The maximum Gasteiger partial charge on any atom is 0.132 e. The van der Waals surface area contributed by atoms with Crippen molar-refractivity contribution in [3.8, 4) is 11.5 Å². The van der Waals surface area contributed by atoms with Gasteiger partial charge >= 0.3 is 0 Å². The lowest BCUT2D eigenvalue weighted by molar-refractivity contribution is 0.398. The van der Waals surface area contributed by atoms with E-state index in [-0.39, 0.29) is 11.9 Å². The fraction of sp³-hybridized carbons (Fsp3) is 0.250. The molecule has 0 fully saturated rings. The van der Waals surface area contributed by atoms with Crippen LogP contribution in [-0.4, -0.2) is 21.3 Å². The Hall–Kier alpha value is -1.59. The van der Waals surface area contributed by atoms with Crippen molar-refractivity contribution in [2.24, 2.45) is 0 Å². The average molecular weight is 354 g/mol. The Bertz CT molecular complexity index is 634. The van der Waals surface area contributed by atoms with Crippen LogP contribution in [0.3, 0.4) is 0 Å². The maximum absolute atomic E-state index is 14.3. The van der Waals surface area contributed by atoms with Gasteiger partial charge in [0.05, 0.1) is 25.8 Å². The second-order valence-electron chi connectivity index (χ2n) is 4.46. The van der Waals surface area contributed by atoms with Crippen LogP contribution in [0, 0.1) is 5.82 Å². The first-order chi connectivity index (χ1) is 10.1. The molecule has 1 atom stereocenters. The quantitative estimate of drug-likeness (QED) is 0.883. The molecule has 2 rings (SSSR count). The van der Waals surface area contributed by atoms with Crippen LogP contribution in [0.1, 0.15) is 17.2 Å². The molecule has 0 spiro atoms. The van der Waals surface area contributed by atoms with Crippen molar-refractivity contribution in [2.45, 2.75) is 6.04 Å². The Morgan fingerprint density at radius 2 is 1.90 bits per heavy atom. The second kappa shape index (κ2) is 6.91. The van der Waals surface area contributed by atoms with Gasteiger partial charge in [-0.25, -0.2) is 4.39 Å². The van der Waals surface area contributed by atoms with Crippen LogP contribution in [0.2, 0.25) is 0 Å². The summed E-state index contributed by atoms with van der Waals surface area (Å²) in [5, 5.41) is 3.14. The minimum Gasteiger partial charge on any atom is -0.497 e. The van der Waals surface area contributed by atoms with Crippen molar-refractivity contribution in [1.29, 1.82) is 0 Å². The number of hydrogen-bond donors (Lipinski definition) is 1. The van der Waals surface area contributed by atoms with E-state index in [2.05, 4.69) is 21.2 Å². The van der Waals surface area contributed by atoms with E-state index in [1.165, 1.54) is 13.2 Å². The highest BCUT2D eigenvalue weighted by molar-refractivity contribution is 9.10. The molecule has 0 aliphatic rings. The van der Waals surface area contributed by atoms with Gasteiger partial charge in [-0.15, -0.1) is 0 Å². The molecular formula is C16H17BrFNO2. The summed E-state index contributed by atoms with van der Waals surface area (Å²) < 4.78 is 25.6. The first-order valence-electron chi connectivity index (χ1n) is 6.45. The number of ether oxygens (including phenoxy) is 2. The van der Waals surface area contributed by atoms with Crippen LogP contribution in [-0.2, 0) is 0 Å². The van der Waals surface area contributed by atoms with E-state index in [0.29, 0.717) is 11.3 Å². The summed E-state index contributed by atoms with van der Waals surface area (Å²) in [6.45, 7) is 0. The molecule has 0 saturated heterocycles. The molecule has 0 aromatic heterocycles. The second-order valence-corrected chi connectivity index (χ2v) is 5.32. The normalized spacial score (nSPS) is 12.0. The summed E-state index contributed by atoms with van der Waals surface area (Å²) in [6, 6.07) is 10.1. The van der Waals surface area contributed by atoms with Crippen molar-refractivity contribution in [3.05, 3.63) is 57.8 Å². The van der Waals surface area contributed by atoms with E-state index in [1.54, 1.807) is 26.3 Å². The number of halogens is 2. The first kappa shape index (κ1) is 15.8. The third-order valence-electron chi connectivity index (χ3n) is 3.33. The highest BCUT2D eigenvalue weighted by Crippen LogP contribution is 2.36. The van der Waals surface area contributed by atoms with Crippen molar-refractivity contribution in [2.75, 3.05) is 21.3 Å². The lowest BCUT2D eigenvalue weighted by atomic mass is 9.97.